The lowest BCUT2D eigenvalue weighted by molar-refractivity contribution is 0.414. The van der Waals surface area contributed by atoms with Gasteiger partial charge in [0, 0.05) is 0 Å². The number of aromatic nitrogens is 5. The maximum Gasteiger partial charge on any atom is 0.283 e. The molecule has 26 heavy (non-hydrogen) atoms. The van der Waals surface area contributed by atoms with Crippen molar-refractivity contribution in [2.24, 2.45) is 0 Å². The first-order chi connectivity index (χ1) is 12.7. The Morgan fingerprint density at radius 2 is 1.96 bits per heavy atom. The first-order valence-corrected chi connectivity index (χ1v) is 7.85. The highest BCUT2D eigenvalue weighted by molar-refractivity contribution is 5.70. The van der Waals surface area contributed by atoms with Gasteiger partial charge in [-0.1, -0.05) is 17.3 Å². The van der Waals surface area contributed by atoms with Gasteiger partial charge in [0.05, 0.1) is 19.3 Å². The highest BCUT2D eigenvalue weighted by atomic mass is 19.1. The van der Waals surface area contributed by atoms with Crippen molar-refractivity contribution in [1.82, 2.24) is 24.5 Å². The molecule has 0 N–H and O–H groups in total. The predicted octanol–water partition coefficient (Wildman–Crippen LogP) is 2.17. The molecule has 2 aromatic carbocycles. The van der Waals surface area contributed by atoms with E-state index in [1.165, 1.54) is 27.7 Å². The summed E-state index contributed by atoms with van der Waals surface area (Å²) in [7, 11) is 1.59. The molecule has 0 bridgehead atoms. The van der Waals surface area contributed by atoms with Crippen LogP contribution in [0.5, 0.6) is 5.75 Å². The molecule has 0 amide bonds. The lowest BCUT2D eigenvalue weighted by Crippen LogP contribution is -2.21. The van der Waals surface area contributed by atoms with Crippen molar-refractivity contribution in [2.75, 3.05) is 7.11 Å². The van der Waals surface area contributed by atoms with Crippen molar-refractivity contribution in [2.45, 2.75) is 6.54 Å². The average molecular weight is 351 g/mol. The number of ether oxygens (including phenoxy) is 1. The summed E-state index contributed by atoms with van der Waals surface area (Å²) in [4.78, 5) is 17.0. The van der Waals surface area contributed by atoms with Crippen LogP contribution in [0.1, 0.15) is 5.56 Å². The average Bonchev–Trinajstić information content (AvgIpc) is 3.09. The van der Waals surface area contributed by atoms with E-state index >= 15 is 0 Å². The third kappa shape index (κ3) is 2.81. The lowest BCUT2D eigenvalue weighted by Gasteiger charge is -2.06. The normalized spacial score (nSPS) is 11.0. The zero-order valence-corrected chi connectivity index (χ0v) is 13.8. The summed E-state index contributed by atoms with van der Waals surface area (Å²) in [5, 5.41) is 8.00. The van der Waals surface area contributed by atoms with E-state index in [1.807, 2.05) is 0 Å². The smallest absolute Gasteiger partial charge is 0.283 e. The van der Waals surface area contributed by atoms with Crippen LogP contribution in [-0.4, -0.2) is 31.7 Å². The molecule has 0 aliphatic carbocycles. The fourth-order valence-corrected chi connectivity index (χ4v) is 2.69. The molecule has 2 aromatic heterocycles. The van der Waals surface area contributed by atoms with Crippen molar-refractivity contribution in [3.05, 3.63) is 76.6 Å². The molecule has 2 heterocycles. The summed E-state index contributed by atoms with van der Waals surface area (Å²) in [5.74, 6) is 0.360. The number of nitrogens with zero attached hydrogens (tertiary/aromatic N) is 5. The quantitative estimate of drug-likeness (QED) is 0.563. The van der Waals surface area contributed by atoms with E-state index in [4.69, 9.17) is 4.74 Å². The third-order valence-electron chi connectivity index (χ3n) is 3.99. The Morgan fingerprint density at radius 1 is 1.15 bits per heavy atom. The molecule has 0 atom stereocenters. The van der Waals surface area contributed by atoms with E-state index in [1.54, 1.807) is 43.5 Å². The number of hydrogen-bond acceptors (Lipinski definition) is 5. The van der Waals surface area contributed by atoms with Crippen molar-refractivity contribution in [3.8, 4) is 11.4 Å². The highest BCUT2D eigenvalue weighted by Crippen LogP contribution is 2.16. The highest BCUT2D eigenvalue weighted by Gasteiger charge is 2.13. The molecule has 8 heteroatoms. The van der Waals surface area contributed by atoms with E-state index < -0.39 is 0 Å². The third-order valence-corrected chi connectivity index (χ3v) is 3.99. The number of rotatable bonds is 4. The van der Waals surface area contributed by atoms with E-state index in [-0.39, 0.29) is 23.4 Å². The number of methoxy groups -OCH3 is 1. The van der Waals surface area contributed by atoms with Crippen LogP contribution in [-0.2, 0) is 6.54 Å². The fourth-order valence-electron chi connectivity index (χ4n) is 2.69. The Balaban J connectivity index is 1.74. The number of fused-ring (bicyclic) bond motifs is 1. The van der Waals surface area contributed by atoms with Gasteiger partial charge in [-0.2, -0.15) is 4.68 Å². The van der Waals surface area contributed by atoms with Crippen molar-refractivity contribution in [1.29, 1.82) is 0 Å². The van der Waals surface area contributed by atoms with Gasteiger partial charge in [0.15, 0.2) is 11.2 Å². The summed E-state index contributed by atoms with van der Waals surface area (Å²) in [6.07, 6.45) is 1.42. The van der Waals surface area contributed by atoms with Crippen LogP contribution in [0.15, 0.2) is 59.7 Å². The van der Waals surface area contributed by atoms with Gasteiger partial charge in [0.25, 0.3) is 5.56 Å². The minimum Gasteiger partial charge on any atom is -0.497 e. The van der Waals surface area contributed by atoms with Gasteiger partial charge in [-0.25, -0.2) is 9.37 Å². The number of benzene rings is 2. The van der Waals surface area contributed by atoms with Gasteiger partial charge in [-0.3, -0.25) is 9.36 Å². The van der Waals surface area contributed by atoms with Crippen molar-refractivity contribution in [3.63, 3.8) is 0 Å². The first-order valence-electron chi connectivity index (χ1n) is 7.85. The molecule has 4 aromatic rings. The monoisotopic (exact) mass is 351 g/mol. The molecular weight excluding hydrogens is 337 g/mol. The van der Waals surface area contributed by atoms with Crippen LogP contribution < -0.4 is 10.3 Å². The van der Waals surface area contributed by atoms with Gasteiger partial charge < -0.3 is 4.74 Å². The van der Waals surface area contributed by atoms with E-state index in [9.17, 15) is 9.18 Å². The summed E-state index contributed by atoms with van der Waals surface area (Å²) >= 11 is 0. The fraction of sp³-hybridized carbons (Fsp3) is 0.111. The molecule has 0 fully saturated rings. The van der Waals surface area contributed by atoms with E-state index in [0.717, 1.165) is 0 Å². The van der Waals surface area contributed by atoms with Gasteiger partial charge in [0.1, 0.15) is 17.9 Å². The molecule has 0 aliphatic rings. The molecule has 0 saturated heterocycles. The summed E-state index contributed by atoms with van der Waals surface area (Å²) < 4.78 is 21.3. The molecule has 130 valence electrons. The SMILES string of the molecule is COc1ccc(-n2nnc3c(=O)n(Cc4cccc(F)c4)cnc32)cc1. The van der Waals surface area contributed by atoms with Crippen LogP contribution >= 0.6 is 0 Å². The lowest BCUT2D eigenvalue weighted by atomic mass is 10.2. The Morgan fingerprint density at radius 3 is 2.69 bits per heavy atom. The zero-order valence-electron chi connectivity index (χ0n) is 13.8. The van der Waals surface area contributed by atoms with Crippen molar-refractivity contribution < 1.29 is 9.13 Å². The van der Waals surface area contributed by atoms with Crippen LogP contribution in [0.3, 0.4) is 0 Å². The van der Waals surface area contributed by atoms with Crippen molar-refractivity contribution >= 4 is 11.2 Å². The second kappa shape index (κ2) is 6.40. The summed E-state index contributed by atoms with van der Waals surface area (Å²) in [5.41, 5.74) is 1.55. The molecule has 0 spiro atoms. The van der Waals surface area contributed by atoms with Crippen LogP contribution in [0, 0.1) is 5.82 Å². The molecule has 4 rings (SSSR count). The maximum absolute atomic E-state index is 13.3. The first kappa shape index (κ1) is 15.9. The second-order valence-corrected chi connectivity index (χ2v) is 5.68. The molecule has 0 saturated carbocycles. The number of hydrogen-bond donors (Lipinski definition) is 0. The van der Waals surface area contributed by atoms with Crippen LogP contribution in [0.25, 0.3) is 16.9 Å². The second-order valence-electron chi connectivity index (χ2n) is 5.68. The Labute approximate surface area is 147 Å². The summed E-state index contributed by atoms with van der Waals surface area (Å²) in [6.45, 7) is 0.203. The maximum atomic E-state index is 13.3. The Bertz CT molecular complexity index is 1130. The molecule has 7 nitrogen and oxygen atoms in total. The van der Waals surface area contributed by atoms with E-state index in [2.05, 4.69) is 15.3 Å². The zero-order chi connectivity index (χ0) is 18.1. The number of halogens is 1. The van der Waals surface area contributed by atoms with Crippen LogP contribution in [0.4, 0.5) is 4.39 Å². The predicted molar refractivity (Wildman–Crippen MR) is 93.0 cm³/mol. The minimum absolute atomic E-state index is 0.153. The van der Waals surface area contributed by atoms with Gasteiger partial charge >= 0.3 is 0 Å². The molecular formula is C18H14FN5O2. The largest absolute Gasteiger partial charge is 0.497 e. The van der Waals surface area contributed by atoms with Gasteiger partial charge in [-0.05, 0) is 42.0 Å². The topological polar surface area (TPSA) is 74.8 Å². The minimum atomic E-state index is -0.352. The molecule has 0 radical (unpaired) electrons. The Hall–Kier alpha value is -3.55. The van der Waals surface area contributed by atoms with Gasteiger partial charge in [-0.15, -0.1) is 5.10 Å². The van der Waals surface area contributed by atoms with E-state index in [0.29, 0.717) is 22.6 Å². The van der Waals surface area contributed by atoms with Gasteiger partial charge in [0.2, 0.25) is 0 Å². The summed E-state index contributed by atoms with van der Waals surface area (Å²) in [6, 6.07) is 13.2. The molecule has 0 aliphatic heterocycles. The molecule has 0 unspecified atom stereocenters. The standard InChI is InChI=1S/C18H14FN5O2/c1-26-15-7-5-14(6-8-15)24-17-16(21-22-24)18(25)23(11-20-17)10-12-3-2-4-13(19)9-12/h2-9,11H,10H2,1H3. The van der Waals surface area contributed by atoms with Crippen LogP contribution in [0.2, 0.25) is 0 Å². The Kier molecular flexibility index (Phi) is 3.92.